The summed E-state index contributed by atoms with van der Waals surface area (Å²) in [5, 5.41) is 7.82. The van der Waals surface area contributed by atoms with Crippen LogP contribution in [0, 0.1) is 0 Å². The first kappa shape index (κ1) is 23.7. The molecule has 1 rings (SSSR count). The van der Waals surface area contributed by atoms with Crippen molar-refractivity contribution in [2.24, 2.45) is 4.99 Å². The lowest BCUT2D eigenvalue weighted by Gasteiger charge is -2.19. The van der Waals surface area contributed by atoms with Gasteiger partial charge in [-0.25, -0.2) is 0 Å². The van der Waals surface area contributed by atoms with E-state index in [1.54, 1.807) is 20.2 Å². The Hall–Kier alpha value is -0.280. The number of benzene rings is 1. The second-order valence-corrected chi connectivity index (χ2v) is 5.83. The van der Waals surface area contributed by atoms with E-state index in [0.717, 1.165) is 24.5 Å². The molecule has 0 aliphatic rings. The average molecular weight is 490 g/mol. The maximum absolute atomic E-state index is 6.23. The van der Waals surface area contributed by atoms with Crippen molar-refractivity contribution < 1.29 is 9.47 Å². The second kappa shape index (κ2) is 13.9. The molecule has 24 heavy (non-hydrogen) atoms. The number of nitrogens with one attached hydrogen (secondary N) is 2. The van der Waals surface area contributed by atoms with Crippen LogP contribution in [0.1, 0.15) is 24.9 Å². The molecule has 1 unspecified atom stereocenters. The minimum atomic E-state index is 0. The van der Waals surface area contributed by atoms with Crippen LogP contribution < -0.4 is 10.6 Å². The van der Waals surface area contributed by atoms with E-state index in [2.05, 4.69) is 15.6 Å². The van der Waals surface area contributed by atoms with Crippen LogP contribution in [0.2, 0.25) is 10.0 Å². The van der Waals surface area contributed by atoms with Gasteiger partial charge in [-0.2, -0.15) is 0 Å². The number of ether oxygens (including phenoxy) is 2. The fraction of sp³-hybridized carbons (Fsp3) is 0.562. The highest BCUT2D eigenvalue weighted by atomic mass is 127. The summed E-state index contributed by atoms with van der Waals surface area (Å²) in [6.45, 7) is 4.72. The van der Waals surface area contributed by atoms with Crippen LogP contribution in [0.3, 0.4) is 0 Å². The largest absolute Gasteiger partial charge is 0.382 e. The van der Waals surface area contributed by atoms with E-state index in [4.69, 9.17) is 32.7 Å². The lowest BCUT2D eigenvalue weighted by molar-refractivity contribution is 0.0698. The molecule has 0 aliphatic carbocycles. The number of guanidine groups is 1. The quantitative estimate of drug-likeness (QED) is 0.239. The van der Waals surface area contributed by atoms with Crippen LogP contribution in [-0.4, -0.2) is 46.5 Å². The zero-order chi connectivity index (χ0) is 17.1. The Morgan fingerprint density at radius 2 is 2.00 bits per heavy atom. The van der Waals surface area contributed by atoms with Gasteiger partial charge in [0, 0.05) is 37.4 Å². The molecule has 5 nitrogen and oxygen atoms in total. The molecular weight excluding hydrogens is 464 g/mol. The fourth-order valence-electron chi connectivity index (χ4n) is 1.96. The number of aliphatic imine (C=N–C) groups is 1. The van der Waals surface area contributed by atoms with E-state index in [0.29, 0.717) is 29.9 Å². The lowest BCUT2D eigenvalue weighted by atomic mass is 10.1. The van der Waals surface area contributed by atoms with Crippen LogP contribution in [0.4, 0.5) is 0 Å². The van der Waals surface area contributed by atoms with Crippen LogP contribution in [0.5, 0.6) is 0 Å². The Balaban J connectivity index is 0.00000529. The van der Waals surface area contributed by atoms with Crippen molar-refractivity contribution in [1.29, 1.82) is 0 Å². The monoisotopic (exact) mass is 489 g/mol. The van der Waals surface area contributed by atoms with Gasteiger partial charge >= 0.3 is 0 Å². The number of nitrogens with zero attached hydrogens (tertiary/aromatic N) is 1. The van der Waals surface area contributed by atoms with E-state index >= 15 is 0 Å². The molecule has 0 saturated carbocycles. The van der Waals surface area contributed by atoms with Gasteiger partial charge in [-0.15, -0.1) is 24.0 Å². The third-order valence-electron chi connectivity index (χ3n) is 3.20. The van der Waals surface area contributed by atoms with Crippen molar-refractivity contribution in [3.8, 4) is 0 Å². The van der Waals surface area contributed by atoms with Crippen molar-refractivity contribution in [2.45, 2.75) is 19.4 Å². The molecular formula is C16H26Cl2IN3O2. The Morgan fingerprint density at radius 3 is 2.62 bits per heavy atom. The van der Waals surface area contributed by atoms with E-state index in [9.17, 15) is 0 Å². The summed E-state index contributed by atoms with van der Waals surface area (Å²) in [6, 6.07) is 5.50. The number of methoxy groups -OCH3 is 1. The molecule has 8 heteroatoms. The molecule has 1 aromatic rings. The van der Waals surface area contributed by atoms with Crippen molar-refractivity contribution in [1.82, 2.24) is 10.6 Å². The lowest BCUT2D eigenvalue weighted by Crippen LogP contribution is -2.39. The Morgan fingerprint density at radius 1 is 1.25 bits per heavy atom. The average Bonchev–Trinajstić information content (AvgIpc) is 2.52. The van der Waals surface area contributed by atoms with Gasteiger partial charge < -0.3 is 20.1 Å². The molecule has 0 saturated heterocycles. The Kier molecular flexibility index (Phi) is 13.8. The number of hydrogen-bond acceptors (Lipinski definition) is 3. The van der Waals surface area contributed by atoms with Crippen molar-refractivity contribution >= 4 is 53.1 Å². The summed E-state index contributed by atoms with van der Waals surface area (Å²) in [4.78, 5) is 4.21. The van der Waals surface area contributed by atoms with Gasteiger partial charge in [0.15, 0.2) is 5.96 Å². The topological polar surface area (TPSA) is 54.9 Å². The van der Waals surface area contributed by atoms with E-state index in [1.807, 2.05) is 19.1 Å². The summed E-state index contributed by atoms with van der Waals surface area (Å²) in [6.07, 6.45) is 0.889. The van der Waals surface area contributed by atoms with Crippen LogP contribution >= 0.6 is 47.2 Å². The van der Waals surface area contributed by atoms with Crippen molar-refractivity contribution in [3.63, 3.8) is 0 Å². The molecule has 0 aromatic heterocycles. The molecule has 0 amide bonds. The summed E-state index contributed by atoms with van der Waals surface area (Å²) >= 11 is 12.2. The zero-order valence-electron chi connectivity index (χ0n) is 14.3. The highest BCUT2D eigenvalue weighted by Crippen LogP contribution is 2.25. The fourth-order valence-corrected chi connectivity index (χ4v) is 2.53. The minimum Gasteiger partial charge on any atom is -0.382 e. The molecule has 1 aromatic carbocycles. The highest BCUT2D eigenvalue weighted by molar-refractivity contribution is 14.0. The van der Waals surface area contributed by atoms with E-state index in [1.165, 1.54) is 0 Å². The molecule has 0 spiro atoms. The molecule has 0 radical (unpaired) electrons. The number of rotatable bonds is 9. The van der Waals surface area contributed by atoms with Crippen LogP contribution in [0.15, 0.2) is 23.2 Å². The number of halogens is 3. The van der Waals surface area contributed by atoms with Crippen LogP contribution in [0.25, 0.3) is 0 Å². The van der Waals surface area contributed by atoms with E-state index in [-0.39, 0.29) is 30.0 Å². The molecule has 1 atom stereocenters. The third-order valence-corrected chi connectivity index (χ3v) is 3.76. The summed E-state index contributed by atoms with van der Waals surface area (Å²) in [7, 11) is 3.40. The first-order chi connectivity index (χ1) is 11.1. The molecule has 0 aliphatic heterocycles. The Labute approximate surface area is 171 Å². The van der Waals surface area contributed by atoms with Gasteiger partial charge in [0.05, 0.1) is 19.3 Å². The normalized spacial score (nSPS) is 12.5. The molecule has 2 N–H and O–H groups in total. The van der Waals surface area contributed by atoms with Crippen molar-refractivity contribution in [3.05, 3.63) is 33.8 Å². The third kappa shape index (κ3) is 9.27. The first-order valence-corrected chi connectivity index (χ1v) is 8.33. The summed E-state index contributed by atoms with van der Waals surface area (Å²) in [5.74, 6) is 0.723. The Bertz CT molecular complexity index is 504. The standard InChI is InChI=1S/C16H25Cl2N3O2.HI/c1-12(14-6-5-13(17)11-15(14)18)21-16(19-2)20-7-4-8-23-10-9-22-3;/h5-6,11-12H,4,7-10H2,1-3H3,(H2,19,20,21);1H. The minimum absolute atomic E-state index is 0. The maximum atomic E-state index is 6.23. The van der Waals surface area contributed by atoms with Gasteiger partial charge in [-0.05, 0) is 31.0 Å². The van der Waals surface area contributed by atoms with Crippen molar-refractivity contribution in [2.75, 3.05) is 40.5 Å². The highest BCUT2D eigenvalue weighted by Gasteiger charge is 2.11. The smallest absolute Gasteiger partial charge is 0.191 e. The van der Waals surface area contributed by atoms with Gasteiger partial charge in [0.25, 0.3) is 0 Å². The molecule has 0 bridgehead atoms. The molecule has 138 valence electrons. The zero-order valence-corrected chi connectivity index (χ0v) is 18.1. The maximum Gasteiger partial charge on any atom is 0.191 e. The van der Waals surface area contributed by atoms with E-state index < -0.39 is 0 Å². The predicted molar refractivity (Wildman–Crippen MR) is 112 cm³/mol. The molecule has 0 heterocycles. The predicted octanol–water partition coefficient (Wildman–Crippen LogP) is 3.89. The van der Waals surface area contributed by atoms with Crippen LogP contribution in [-0.2, 0) is 9.47 Å². The summed E-state index contributed by atoms with van der Waals surface area (Å²) < 4.78 is 10.3. The SMILES string of the molecule is CN=C(NCCCOCCOC)NC(C)c1ccc(Cl)cc1Cl.I. The molecule has 0 fully saturated rings. The van der Waals surface area contributed by atoms with Gasteiger partial charge in [-0.1, -0.05) is 29.3 Å². The van der Waals surface area contributed by atoms with Gasteiger partial charge in [0.2, 0.25) is 0 Å². The second-order valence-electron chi connectivity index (χ2n) is 4.99. The first-order valence-electron chi connectivity index (χ1n) is 7.57. The summed E-state index contributed by atoms with van der Waals surface area (Å²) in [5.41, 5.74) is 0.974. The number of hydrogen-bond donors (Lipinski definition) is 2. The van der Waals surface area contributed by atoms with Gasteiger partial charge in [-0.3, -0.25) is 4.99 Å². The van der Waals surface area contributed by atoms with Gasteiger partial charge in [0.1, 0.15) is 0 Å².